The zero-order valence-electron chi connectivity index (χ0n) is 34.2. The Morgan fingerprint density at radius 3 is 2.41 bits per heavy atom. The van der Waals surface area contributed by atoms with Gasteiger partial charge in [-0.2, -0.15) is 5.26 Å². The first-order valence-corrected chi connectivity index (χ1v) is 22.4. The molecule has 0 fully saturated rings. The molecule has 1 aliphatic heterocycles. The van der Waals surface area contributed by atoms with E-state index in [2.05, 4.69) is 55.0 Å². The first kappa shape index (κ1) is 43.6. The first-order valence-electron chi connectivity index (χ1n) is 19.7. The van der Waals surface area contributed by atoms with E-state index in [-0.39, 0.29) is 30.0 Å². The molecule has 61 heavy (non-hydrogen) atoms. The van der Waals surface area contributed by atoms with Gasteiger partial charge in [0.05, 0.1) is 67.1 Å². The molecular weight excluding hydrogens is 838 g/mol. The number of anilines is 1. The fraction of sp³-hybridized carbons (Fsp3) is 0.326. The number of thiophene rings is 1. The van der Waals surface area contributed by atoms with Crippen molar-refractivity contribution in [3.05, 3.63) is 122 Å². The van der Waals surface area contributed by atoms with Gasteiger partial charge in [0.15, 0.2) is 5.82 Å². The van der Waals surface area contributed by atoms with Crippen LogP contribution in [0.3, 0.4) is 0 Å². The van der Waals surface area contributed by atoms with Crippen molar-refractivity contribution in [1.29, 1.82) is 5.26 Å². The van der Waals surface area contributed by atoms with Crippen LogP contribution < -0.4 is 15.4 Å². The summed E-state index contributed by atoms with van der Waals surface area (Å²) in [7, 11) is -3.97. The van der Waals surface area contributed by atoms with Gasteiger partial charge < -0.3 is 24.5 Å². The number of benzene rings is 3. The molecule has 0 spiro atoms. The molecule has 0 aliphatic carbocycles. The maximum atomic E-state index is 13.1. The van der Waals surface area contributed by atoms with E-state index in [9.17, 15) is 18.5 Å². The fourth-order valence-electron chi connectivity index (χ4n) is 6.99. The molecule has 1 amide bonds. The second kappa shape index (κ2) is 19.5. The van der Waals surface area contributed by atoms with Crippen molar-refractivity contribution in [2.45, 2.75) is 45.1 Å². The summed E-state index contributed by atoms with van der Waals surface area (Å²) in [6.45, 7) is 11.2. The van der Waals surface area contributed by atoms with Gasteiger partial charge in [0.25, 0.3) is 15.9 Å². The highest BCUT2D eigenvalue weighted by atomic mass is 35.5. The van der Waals surface area contributed by atoms with Crippen LogP contribution in [0.15, 0.2) is 76.7 Å². The number of hydrogen-bond donors (Lipinski definition) is 4. The lowest BCUT2D eigenvalue weighted by Gasteiger charge is -2.13. The van der Waals surface area contributed by atoms with E-state index in [4.69, 9.17) is 30.8 Å². The zero-order chi connectivity index (χ0) is 43.1. The zero-order valence-corrected chi connectivity index (χ0v) is 36.6. The van der Waals surface area contributed by atoms with Crippen LogP contribution in [0.25, 0.3) is 15.9 Å². The van der Waals surface area contributed by atoms with Crippen LogP contribution in [-0.2, 0) is 24.2 Å². The van der Waals surface area contributed by atoms with Crippen molar-refractivity contribution in [1.82, 2.24) is 30.4 Å². The molecule has 0 saturated carbocycles. The quantitative estimate of drug-likeness (QED) is 0.0503. The topological polar surface area (TPSA) is 198 Å². The van der Waals surface area contributed by atoms with E-state index in [0.717, 1.165) is 39.1 Å². The number of amides is 1. The number of ether oxygens (including phenoxy) is 3. The molecule has 6 aromatic rings. The van der Waals surface area contributed by atoms with Gasteiger partial charge in [-0.3, -0.25) is 24.4 Å². The van der Waals surface area contributed by atoms with E-state index in [0.29, 0.717) is 78.9 Å². The number of fused-ring (bicyclic) bond motifs is 4. The molecule has 4 N–H and O–H groups in total. The lowest BCUT2D eigenvalue weighted by molar-refractivity contribution is 0.0444. The molecule has 0 radical (unpaired) electrons. The molecule has 0 unspecified atom stereocenters. The highest BCUT2D eigenvalue weighted by Gasteiger charge is 2.31. The summed E-state index contributed by atoms with van der Waals surface area (Å²) in [5.74, 6) is 1.26. The maximum absolute atomic E-state index is 13.1. The van der Waals surface area contributed by atoms with Crippen molar-refractivity contribution in [3.63, 3.8) is 0 Å². The van der Waals surface area contributed by atoms with Crippen molar-refractivity contribution >= 4 is 61.2 Å². The van der Waals surface area contributed by atoms with Crippen LogP contribution in [0.4, 0.5) is 5.69 Å². The highest BCUT2D eigenvalue weighted by Crippen LogP contribution is 2.39. The average Bonchev–Trinajstić information content (AvgIpc) is 3.92. The third-order valence-corrected chi connectivity index (χ3v) is 13.1. The monoisotopic (exact) mass is 883 g/mol. The molecule has 3 aromatic heterocycles. The number of nitrogens with zero attached hydrogens (tertiary/aromatic N) is 5. The van der Waals surface area contributed by atoms with Crippen LogP contribution >= 0.6 is 22.9 Å². The highest BCUT2D eigenvalue weighted by molar-refractivity contribution is 7.92. The van der Waals surface area contributed by atoms with Gasteiger partial charge in [0, 0.05) is 57.7 Å². The lowest BCUT2D eigenvalue weighted by atomic mass is 9.99. The summed E-state index contributed by atoms with van der Waals surface area (Å²) < 4.78 is 48.2. The van der Waals surface area contributed by atoms with Crippen LogP contribution in [0.1, 0.15) is 67.2 Å². The molecule has 4 heterocycles. The number of aliphatic imine (C=N–C) groups is 1. The number of H-pyrrole nitrogens is 1. The number of nitriles is 1. The second-order valence-corrected chi connectivity index (χ2v) is 17.7. The third-order valence-electron chi connectivity index (χ3n) is 10.3. The standard InChI is InChI=1S/C43H46ClN9O6S2/c1-26-5-14-35(40-37(26)32(23-45)24-48-40)52-61(55,56)34-12-8-31(9-13-34)42(54)47-17-20-58-22-21-57-19-16-46-25-59-18-15-36-41-51-50-29(4)53(41)43-38(27(2)28(3)60-43)39(49-36)30-6-10-33(44)11-7-30/h5-14,24,36,46,48,52H,15-22,25H2,1-4H3,(H,47,54)/t36-/m0/s1. The number of aromatic amines is 1. The largest absolute Gasteiger partial charge is 0.378 e. The van der Waals surface area contributed by atoms with E-state index in [1.54, 1.807) is 29.7 Å². The van der Waals surface area contributed by atoms with Crippen molar-refractivity contribution in [3.8, 4) is 11.1 Å². The van der Waals surface area contributed by atoms with Crippen LogP contribution in [0.5, 0.6) is 0 Å². The summed E-state index contributed by atoms with van der Waals surface area (Å²) in [5, 5.41) is 26.8. The minimum Gasteiger partial charge on any atom is -0.378 e. The third kappa shape index (κ3) is 9.87. The molecule has 3 aromatic carbocycles. The Balaban J connectivity index is 0.774. The predicted octanol–water partition coefficient (Wildman–Crippen LogP) is 6.68. The second-order valence-electron chi connectivity index (χ2n) is 14.4. The molecule has 1 atom stereocenters. The summed E-state index contributed by atoms with van der Waals surface area (Å²) in [6, 6.07) is 18.7. The Hall–Kier alpha value is -5.45. The van der Waals surface area contributed by atoms with E-state index in [1.807, 2.05) is 38.1 Å². The summed E-state index contributed by atoms with van der Waals surface area (Å²) >= 11 is 7.95. The first-order chi connectivity index (χ1) is 29.5. The van der Waals surface area contributed by atoms with Gasteiger partial charge >= 0.3 is 0 Å². The van der Waals surface area contributed by atoms with Crippen LogP contribution in [-0.4, -0.2) is 92.6 Å². The molecule has 0 bridgehead atoms. The minimum atomic E-state index is -3.97. The van der Waals surface area contributed by atoms with Gasteiger partial charge in [0.2, 0.25) is 0 Å². The van der Waals surface area contributed by atoms with E-state index < -0.39 is 10.0 Å². The van der Waals surface area contributed by atoms with Gasteiger partial charge in [-0.15, -0.1) is 21.5 Å². The Kier molecular flexibility index (Phi) is 14.0. The normalized spacial score (nSPS) is 13.6. The van der Waals surface area contributed by atoms with Crippen LogP contribution in [0.2, 0.25) is 5.02 Å². The van der Waals surface area contributed by atoms with E-state index in [1.165, 1.54) is 34.7 Å². The number of carbonyl (C=O) groups is 1. The number of nitrogens with one attached hydrogen (secondary N) is 4. The molecule has 1 aliphatic rings. The summed E-state index contributed by atoms with van der Waals surface area (Å²) in [6.07, 6.45) is 2.16. The fourth-order valence-corrected chi connectivity index (χ4v) is 9.40. The van der Waals surface area contributed by atoms with Gasteiger partial charge in [-0.25, -0.2) is 8.42 Å². The number of halogens is 1. The molecule has 318 valence electrons. The van der Waals surface area contributed by atoms with Crippen molar-refractivity contribution in [2.75, 3.05) is 57.6 Å². The summed E-state index contributed by atoms with van der Waals surface area (Å²) in [4.78, 5) is 22.1. The van der Waals surface area contributed by atoms with Gasteiger partial charge in [0.1, 0.15) is 22.9 Å². The van der Waals surface area contributed by atoms with Gasteiger partial charge in [-0.1, -0.05) is 29.8 Å². The number of rotatable bonds is 19. The Morgan fingerprint density at radius 1 is 0.934 bits per heavy atom. The Labute approximate surface area is 363 Å². The Bertz CT molecular complexity index is 2700. The average molecular weight is 884 g/mol. The lowest BCUT2D eigenvalue weighted by Crippen LogP contribution is -2.28. The number of sulfonamides is 1. The molecule has 15 nitrogen and oxygen atoms in total. The molecular formula is C43H46ClN9O6S2. The van der Waals surface area contributed by atoms with Crippen molar-refractivity contribution < 1.29 is 27.4 Å². The van der Waals surface area contributed by atoms with E-state index >= 15 is 0 Å². The van der Waals surface area contributed by atoms with Crippen molar-refractivity contribution in [2.24, 2.45) is 4.99 Å². The smallest absolute Gasteiger partial charge is 0.261 e. The van der Waals surface area contributed by atoms with Gasteiger partial charge in [-0.05, 0) is 81.3 Å². The molecule has 0 saturated heterocycles. The predicted molar refractivity (Wildman–Crippen MR) is 236 cm³/mol. The molecule has 18 heteroatoms. The van der Waals surface area contributed by atoms with Crippen LogP contribution in [0, 0.1) is 39.0 Å². The SMILES string of the molecule is Cc1sc2c(c1C)C(c1ccc(Cl)cc1)=N[C@@H](CCOCNCCOCCOCCNC(=O)c1ccc(S(=O)(=O)Nc3ccc(C)c4c(C#N)c[nH]c34)cc1)c1nnc(C)n1-2. The minimum absolute atomic E-state index is 0.00844. The Morgan fingerprint density at radius 2 is 1.67 bits per heavy atom. The number of aromatic nitrogens is 4. The number of hydrogen-bond acceptors (Lipinski definition) is 12. The molecule has 7 rings (SSSR count). The maximum Gasteiger partial charge on any atom is 0.261 e. The summed E-state index contributed by atoms with van der Waals surface area (Å²) in [5.41, 5.74) is 6.62. The number of carbonyl (C=O) groups excluding carboxylic acids is 1. The number of aryl methyl sites for hydroxylation is 3.